The van der Waals surface area contributed by atoms with Crippen LogP contribution in [0.3, 0.4) is 0 Å². The van der Waals surface area contributed by atoms with Gasteiger partial charge in [0.05, 0.1) is 0 Å². The lowest BCUT2D eigenvalue weighted by molar-refractivity contribution is -0.122. The minimum atomic E-state index is -0.166. The van der Waals surface area contributed by atoms with Crippen molar-refractivity contribution in [1.82, 2.24) is 0 Å². The molecule has 1 amide bonds. The second-order valence-electron chi connectivity index (χ2n) is 3.12. The standard InChI is InChI=1S/C9H13NO/c1-2-7-3-5-8(6-4-7)9(10)11/h1,7-8H,3-6H2,(H2,10,11). The molecule has 2 N–H and O–H groups in total. The fraction of sp³-hybridized carbons (Fsp3) is 0.667. The molecule has 0 unspecified atom stereocenters. The summed E-state index contributed by atoms with van der Waals surface area (Å²) in [5, 5.41) is 0. The number of nitrogens with two attached hydrogens (primary N) is 1. The number of hydrogen-bond acceptors (Lipinski definition) is 1. The van der Waals surface area contributed by atoms with Gasteiger partial charge >= 0.3 is 0 Å². The molecule has 1 rings (SSSR count). The molecule has 0 saturated heterocycles. The van der Waals surface area contributed by atoms with E-state index in [-0.39, 0.29) is 11.8 Å². The van der Waals surface area contributed by atoms with Gasteiger partial charge in [0.1, 0.15) is 0 Å². The minimum absolute atomic E-state index is 0.0830. The van der Waals surface area contributed by atoms with Crippen LogP contribution in [0.15, 0.2) is 0 Å². The quantitative estimate of drug-likeness (QED) is 0.556. The maximum atomic E-state index is 10.7. The molecule has 60 valence electrons. The summed E-state index contributed by atoms with van der Waals surface area (Å²) in [5.74, 6) is 3.01. The van der Waals surface area contributed by atoms with Gasteiger partial charge in [0.25, 0.3) is 0 Å². The van der Waals surface area contributed by atoms with Crippen LogP contribution in [0.2, 0.25) is 0 Å². The Labute approximate surface area is 67.2 Å². The number of terminal acetylenes is 1. The fourth-order valence-electron chi connectivity index (χ4n) is 1.54. The highest BCUT2D eigenvalue weighted by Crippen LogP contribution is 2.27. The van der Waals surface area contributed by atoms with Crippen molar-refractivity contribution in [1.29, 1.82) is 0 Å². The topological polar surface area (TPSA) is 43.1 Å². The Bertz CT molecular complexity index is 184. The van der Waals surface area contributed by atoms with E-state index in [0.29, 0.717) is 5.92 Å². The molecule has 0 bridgehead atoms. The summed E-state index contributed by atoms with van der Waals surface area (Å²) >= 11 is 0. The number of primary amides is 1. The van der Waals surface area contributed by atoms with Crippen molar-refractivity contribution in [3.05, 3.63) is 0 Å². The molecule has 0 aliphatic heterocycles. The Morgan fingerprint density at radius 3 is 2.27 bits per heavy atom. The lowest BCUT2D eigenvalue weighted by atomic mass is 9.82. The van der Waals surface area contributed by atoms with Crippen molar-refractivity contribution in [3.63, 3.8) is 0 Å². The van der Waals surface area contributed by atoms with Crippen molar-refractivity contribution in [2.45, 2.75) is 25.7 Å². The monoisotopic (exact) mass is 151 g/mol. The Hall–Kier alpha value is -0.970. The van der Waals surface area contributed by atoms with Gasteiger partial charge in [0, 0.05) is 11.8 Å². The molecule has 1 fully saturated rings. The Morgan fingerprint density at radius 2 is 1.91 bits per heavy atom. The first kappa shape index (κ1) is 8.13. The third kappa shape index (κ3) is 1.98. The van der Waals surface area contributed by atoms with E-state index < -0.39 is 0 Å². The van der Waals surface area contributed by atoms with Crippen LogP contribution in [0.1, 0.15) is 25.7 Å². The van der Waals surface area contributed by atoms with Crippen LogP contribution in [0.4, 0.5) is 0 Å². The molecule has 0 heterocycles. The summed E-state index contributed by atoms with van der Waals surface area (Å²) in [6, 6.07) is 0. The average molecular weight is 151 g/mol. The Balaban J connectivity index is 2.37. The fourth-order valence-corrected chi connectivity index (χ4v) is 1.54. The van der Waals surface area contributed by atoms with E-state index in [1.54, 1.807) is 0 Å². The van der Waals surface area contributed by atoms with Crippen LogP contribution in [0.25, 0.3) is 0 Å². The van der Waals surface area contributed by atoms with Crippen molar-refractivity contribution < 1.29 is 4.79 Å². The number of hydrogen-bond donors (Lipinski definition) is 1. The second kappa shape index (κ2) is 3.43. The third-order valence-corrected chi connectivity index (χ3v) is 2.37. The van der Waals surface area contributed by atoms with Crippen LogP contribution < -0.4 is 5.73 Å². The summed E-state index contributed by atoms with van der Waals surface area (Å²) in [6.45, 7) is 0. The first-order valence-corrected chi connectivity index (χ1v) is 3.99. The molecule has 2 heteroatoms. The van der Waals surface area contributed by atoms with Gasteiger partial charge in [-0.1, -0.05) is 0 Å². The van der Waals surface area contributed by atoms with Gasteiger partial charge in [-0.05, 0) is 25.7 Å². The molecule has 0 atom stereocenters. The molecule has 1 aliphatic carbocycles. The van der Waals surface area contributed by atoms with Gasteiger partial charge in [-0.2, -0.15) is 0 Å². The van der Waals surface area contributed by atoms with E-state index in [1.807, 2.05) is 0 Å². The van der Waals surface area contributed by atoms with Gasteiger partial charge in [0.2, 0.25) is 5.91 Å². The van der Waals surface area contributed by atoms with Crippen molar-refractivity contribution in [2.24, 2.45) is 17.6 Å². The van der Waals surface area contributed by atoms with Crippen LogP contribution in [-0.4, -0.2) is 5.91 Å². The SMILES string of the molecule is C#CC1CCC(C(N)=O)CC1. The molecule has 0 aromatic carbocycles. The number of rotatable bonds is 1. The zero-order valence-electron chi connectivity index (χ0n) is 6.55. The Morgan fingerprint density at radius 1 is 1.36 bits per heavy atom. The largest absolute Gasteiger partial charge is 0.369 e. The lowest BCUT2D eigenvalue weighted by Gasteiger charge is -2.22. The molecule has 0 radical (unpaired) electrons. The van der Waals surface area contributed by atoms with Gasteiger partial charge < -0.3 is 5.73 Å². The van der Waals surface area contributed by atoms with Gasteiger partial charge in [-0.15, -0.1) is 12.3 Å². The van der Waals surface area contributed by atoms with E-state index in [4.69, 9.17) is 12.2 Å². The second-order valence-corrected chi connectivity index (χ2v) is 3.12. The molecular weight excluding hydrogens is 138 g/mol. The molecule has 2 nitrogen and oxygen atoms in total. The summed E-state index contributed by atoms with van der Waals surface area (Å²) in [5.41, 5.74) is 5.16. The highest BCUT2D eigenvalue weighted by atomic mass is 16.1. The molecule has 11 heavy (non-hydrogen) atoms. The van der Waals surface area contributed by atoms with Crippen LogP contribution >= 0.6 is 0 Å². The van der Waals surface area contributed by atoms with Gasteiger partial charge in [0.15, 0.2) is 0 Å². The maximum Gasteiger partial charge on any atom is 0.220 e. The maximum absolute atomic E-state index is 10.7. The normalized spacial score (nSPS) is 30.8. The van der Waals surface area contributed by atoms with Crippen molar-refractivity contribution >= 4 is 5.91 Å². The lowest BCUT2D eigenvalue weighted by Crippen LogP contribution is -2.27. The minimum Gasteiger partial charge on any atom is -0.369 e. The predicted molar refractivity (Wildman–Crippen MR) is 43.5 cm³/mol. The van der Waals surface area contributed by atoms with E-state index in [2.05, 4.69) is 5.92 Å². The van der Waals surface area contributed by atoms with Crippen LogP contribution in [0.5, 0.6) is 0 Å². The van der Waals surface area contributed by atoms with Gasteiger partial charge in [-0.25, -0.2) is 0 Å². The van der Waals surface area contributed by atoms with Gasteiger partial charge in [-0.3, -0.25) is 4.79 Å². The summed E-state index contributed by atoms with van der Waals surface area (Å²) in [4.78, 5) is 10.7. The van der Waals surface area contributed by atoms with E-state index >= 15 is 0 Å². The molecule has 0 spiro atoms. The zero-order chi connectivity index (χ0) is 8.27. The first-order valence-electron chi connectivity index (χ1n) is 3.99. The van der Waals surface area contributed by atoms with E-state index in [9.17, 15) is 4.79 Å². The van der Waals surface area contributed by atoms with E-state index in [0.717, 1.165) is 25.7 Å². The van der Waals surface area contributed by atoms with Crippen molar-refractivity contribution in [2.75, 3.05) is 0 Å². The molecule has 1 saturated carbocycles. The number of carbonyl (C=O) groups is 1. The van der Waals surface area contributed by atoms with Crippen LogP contribution in [0, 0.1) is 24.2 Å². The summed E-state index contributed by atoms with van der Waals surface area (Å²) in [6.07, 6.45) is 8.94. The smallest absolute Gasteiger partial charge is 0.220 e. The molecule has 0 aromatic rings. The van der Waals surface area contributed by atoms with Crippen molar-refractivity contribution in [3.8, 4) is 12.3 Å². The van der Waals surface area contributed by atoms with Crippen LogP contribution in [-0.2, 0) is 4.79 Å². The number of amides is 1. The highest BCUT2D eigenvalue weighted by molar-refractivity contribution is 5.76. The summed E-state index contributed by atoms with van der Waals surface area (Å²) in [7, 11) is 0. The Kier molecular flexibility index (Phi) is 2.53. The first-order chi connectivity index (χ1) is 5.24. The van der Waals surface area contributed by atoms with E-state index in [1.165, 1.54) is 0 Å². The molecule has 1 aliphatic rings. The highest BCUT2D eigenvalue weighted by Gasteiger charge is 2.22. The molecule has 0 aromatic heterocycles. The number of carbonyl (C=O) groups excluding carboxylic acids is 1. The average Bonchev–Trinajstić information content (AvgIpc) is 2.05. The molecular formula is C9H13NO. The third-order valence-electron chi connectivity index (χ3n) is 2.37. The predicted octanol–water partition coefficient (Wildman–Crippen LogP) is 0.911. The zero-order valence-corrected chi connectivity index (χ0v) is 6.55. The summed E-state index contributed by atoms with van der Waals surface area (Å²) < 4.78 is 0.